The summed E-state index contributed by atoms with van der Waals surface area (Å²) in [6, 6.07) is 10.6. The van der Waals surface area contributed by atoms with Crippen LogP contribution in [-0.2, 0) is 21.1 Å². The minimum atomic E-state index is -0.282. The van der Waals surface area contributed by atoms with Crippen molar-refractivity contribution in [2.24, 2.45) is 4.99 Å². The first-order valence-electron chi connectivity index (χ1n) is 4.55. The number of hydrogen-bond donors (Lipinski definition) is 0. The van der Waals surface area contributed by atoms with E-state index in [2.05, 4.69) is 11.1 Å². The molecule has 1 aromatic rings. The van der Waals surface area contributed by atoms with Crippen LogP contribution in [0.4, 0.5) is 10.5 Å². The average Bonchev–Trinajstić information content (AvgIpc) is 2.19. The maximum Gasteiger partial charge on any atom is 2.00 e. The van der Waals surface area contributed by atoms with E-state index in [1.807, 2.05) is 51.9 Å². The van der Waals surface area contributed by atoms with Crippen molar-refractivity contribution >= 4 is 26.4 Å². The van der Waals surface area contributed by atoms with Gasteiger partial charge in [0.15, 0.2) is 0 Å². The topological polar surface area (TPSA) is 32.7 Å². The van der Waals surface area contributed by atoms with Crippen molar-refractivity contribution in [1.29, 1.82) is 0 Å². The second-order valence-corrected chi connectivity index (χ2v) is 3.37. The standard InChI is InChI=1S/C11H13N2OP.W/c1-3-13(9(2)12-11(14)15)10-7-5-4-6-8-10;/h3-7H,15H2,1-2H3;/q-2;+2/b12-9+;. The SMILES string of the molecule is C[CH-]N(/C(C)=N/C(=O)P)c1[c-]cccc1.[W+2]. The largest absolute Gasteiger partial charge is 2.00 e. The molecule has 1 rings (SSSR count). The Morgan fingerprint density at radius 3 is 2.69 bits per heavy atom. The predicted octanol–water partition coefficient (Wildman–Crippen LogP) is 2.89. The van der Waals surface area contributed by atoms with Crippen LogP contribution < -0.4 is 4.90 Å². The van der Waals surface area contributed by atoms with Crippen molar-refractivity contribution in [2.45, 2.75) is 13.8 Å². The molecule has 3 nitrogen and oxygen atoms in total. The second kappa shape index (κ2) is 7.70. The van der Waals surface area contributed by atoms with Gasteiger partial charge in [-0.2, -0.15) is 42.2 Å². The number of carbonyl (C=O) groups is 1. The van der Waals surface area contributed by atoms with Gasteiger partial charge in [-0.3, -0.25) is 4.79 Å². The van der Waals surface area contributed by atoms with Crippen LogP contribution in [0.25, 0.3) is 0 Å². The Labute approximate surface area is 113 Å². The van der Waals surface area contributed by atoms with E-state index in [4.69, 9.17) is 0 Å². The molecule has 1 atom stereocenters. The molecule has 0 radical (unpaired) electrons. The molecule has 1 amide bonds. The normalized spacial score (nSPS) is 10.6. The molecule has 0 aromatic heterocycles. The van der Waals surface area contributed by atoms with Crippen molar-refractivity contribution in [3.63, 3.8) is 0 Å². The van der Waals surface area contributed by atoms with Gasteiger partial charge in [-0.1, -0.05) is 0 Å². The molecule has 0 heterocycles. The van der Waals surface area contributed by atoms with E-state index < -0.39 is 0 Å². The van der Waals surface area contributed by atoms with E-state index >= 15 is 0 Å². The first-order chi connectivity index (χ1) is 7.15. The molecule has 1 aromatic carbocycles. The minimum Gasteiger partial charge on any atom is -0.503 e. The quantitative estimate of drug-likeness (QED) is 0.329. The molecule has 0 saturated carbocycles. The summed E-state index contributed by atoms with van der Waals surface area (Å²) in [4.78, 5) is 16.5. The first-order valence-corrected chi connectivity index (χ1v) is 5.13. The zero-order valence-corrected chi connectivity index (χ0v) is 13.3. The van der Waals surface area contributed by atoms with Gasteiger partial charge in [-0.25, -0.2) is 6.54 Å². The molecular weight excluding hydrogens is 391 g/mol. The van der Waals surface area contributed by atoms with Crippen LogP contribution in [0.2, 0.25) is 0 Å². The third-order valence-corrected chi connectivity index (χ3v) is 1.96. The Bertz CT molecular complexity index is 368. The summed E-state index contributed by atoms with van der Waals surface area (Å²) in [5, 5.41) is 0. The molecule has 1 unspecified atom stereocenters. The van der Waals surface area contributed by atoms with E-state index in [9.17, 15) is 4.79 Å². The molecule has 0 aliphatic heterocycles. The van der Waals surface area contributed by atoms with E-state index in [1.54, 1.807) is 6.92 Å². The van der Waals surface area contributed by atoms with E-state index in [0.717, 1.165) is 5.69 Å². The zero-order chi connectivity index (χ0) is 11.3. The van der Waals surface area contributed by atoms with Gasteiger partial charge >= 0.3 is 21.1 Å². The first kappa shape index (κ1) is 15.5. The summed E-state index contributed by atoms with van der Waals surface area (Å²) >= 11 is 0. The van der Waals surface area contributed by atoms with Crippen molar-refractivity contribution in [3.8, 4) is 0 Å². The number of para-hydroxylation sites is 1. The van der Waals surface area contributed by atoms with Gasteiger partial charge in [0.05, 0.1) is 5.84 Å². The van der Waals surface area contributed by atoms with Crippen LogP contribution in [0, 0.1) is 12.6 Å². The number of nitrogens with zero attached hydrogens (tertiary/aromatic N) is 2. The molecule has 5 heteroatoms. The zero-order valence-electron chi connectivity index (χ0n) is 9.18. The van der Waals surface area contributed by atoms with Crippen LogP contribution >= 0.6 is 9.24 Å². The van der Waals surface area contributed by atoms with Gasteiger partial charge in [0.1, 0.15) is 0 Å². The average molecular weight is 404 g/mol. The van der Waals surface area contributed by atoms with Crippen molar-refractivity contribution < 1.29 is 25.9 Å². The number of hydrogen-bond acceptors (Lipinski definition) is 1. The summed E-state index contributed by atoms with van der Waals surface area (Å²) in [6.07, 6.45) is 0. The fraction of sp³-hybridized carbons (Fsp3) is 0.182. The van der Waals surface area contributed by atoms with Crippen LogP contribution in [0.5, 0.6) is 0 Å². The summed E-state index contributed by atoms with van der Waals surface area (Å²) in [5.41, 5.74) is 0.586. The molecule has 0 N–H and O–H groups in total. The fourth-order valence-electron chi connectivity index (χ4n) is 1.25. The Morgan fingerprint density at radius 2 is 2.25 bits per heavy atom. The monoisotopic (exact) mass is 404 g/mol. The molecule has 0 bridgehead atoms. The number of aliphatic imine (C=N–C) groups is 1. The van der Waals surface area contributed by atoms with Crippen molar-refractivity contribution in [3.05, 3.63) is 36.9 Å². The minimum absolute atomic E-state index is 0. The maximum absolute atomic E-state index is 10.8. The Balaban J connectivity index is 0.00000225. The Morgan fingerprint density at radius 1 is 1.56 bits per heavy atom. The Kier molecular flexibility index (Phi) is 7.45. The van der Waals surface area contributed by atoms with Gasteiger partial charge in [0.25, 0.3) is 5.65 Å². The molecule has 0 spiro atoms. The second-order valence-electron chi connectivity index (χ2n) is 2.87. The molecule has 84 valence electrons. The maximum atomic E-state index is 10.8. The van der Waals surface area contributed by atoms with Gasteiger partial charge < -0.3 is 4.90 Å². The third kappa shape index (κ3) is 4.55. The molecular formula is C11H13N2OPW. The van der Waals surface area contributed by atoms with Crippen LogP contribution in [0.15, 0.2) is 29.3 Å². The number of carbonyl (C=O) groups excluding carboxylic acids is 1. The Hall–Kier alpha value is -0.522. The fourth-order valence-corrected chi connectivity index (χ4v) is 1.43. The molecule has 0 fully saturated rings. The molecule has 0 aliphatic carbocycles. The number of benzene rings is 1. The van der Waals surface area contributed by atoms with Crippen LogP contribution in [0.1, 0.15) is 13.8 Å². The van der Waals surface area contributed by atoms with E-state index in [0.29, 0.717) is 5.84 Å². The predicted molar refractivity (Wildman–Crippen MR) is 65.9 cm³/mol. The van der Waals surface area contributed by atoms with Gasteiger partial charge in [-0.15, -0.1) is 5.69 Å². The van der Waals surface area contributed by atoms with Gasteiger partial charge in [0, 0.05) is 0 Å². The van der Waals surface area contributed by atoms with E-state index in [1.165, 1.54) is 0 Å². The number of amides is 1. The molecule has 0 saturated heterocycles. The number of amidine groups is 1. The summed E-state index contributed by atoms with van der Waals surface area (Å²) < 4.78 is 0. The van der Waals surface area contributed by atoms with Gasteiger partial charge in [-0.05, 0) is 16.2 Å². The van der Waals surface area contributed by atoms with E-state index in [-0.39, 0.29) is 26.7 Å². The summed E-state index contributed by atoms with van der Waals surface area (Å²) in [7, 11) is 2.03. The van der Waals surface area contributed by atoms with Crippen LogP contribution in [-0.4, -0.2) is 11.5 Å². The number of anilines is 1. The van der Waals surface area contributed by atoms with Crippen molar-refractivity contribution in [1.82, 2.24) is 0 Å². The van der Waals surface area contributed by atoms with Crippen LogP contribution in [0.3, 0.4) is 0 Å². The number of rotatable bonds is 2. The molecule has 16 heavy (non-hydrogen) atoms. The van der Waals surface area contributed by atoms with Crippen molar-refractivity contribution in [2.75, 3.05) is 4.90 Å². The smallest absolute Gasteiger partial charge is 0.503 e. The van der Waals surface area contributed by atoms with Gasteiger partial charge in [0.2, 0.25) is 0 Å². The third-order valence-electron chi connectivity index (χ3n) is 1.83. The molecule has 0 aliphatic rings. The summed E-state index contributed by atoms with van der Waals surface area (Å²) in [5.74, 6) is 0.625. The summed E-state index contributed by atoms with van der Waals surface area (Å²) in [6.45, 7) is 5.51.